The third-order valence-corrected chi connectivity index (χ3v) is 6.14. The number of anilines is 2. The fourth-order valence-corrected chi connectivity index (χ4v) is 4.17. The quantitative estimate of drug-likeness (QED) is 0.586. The molecular formula is C24H26F3N5O. The van der Waals surface area contributed by atoms with Crippen molar-refractivity contribution in [1.29, 1.82) is 0 Å². The summed E-state index contributed by atoms with van der Waals surface area (Å²) in [6.45, 7) is 3.24. The Morgan fingerprint density at radius 3 is 2.33 bits per heavy atom. The first-order valence-electron chi connectivity index (χ1n) is 11.2. The first-order chi connectivity index (χ1) is 15.9. The van der Waals surface area contributed by atoms with Crippen LogP contribution < -0.4 is 15.0 Å². The van der Waals surface area contributed by atoms with Crippen molar-refractivity contribution >= 4 is 22.7 Å². The van der Waals surface area contributed by atoms with E-state index in [0.29, 0.717) is 50.1 Å². The Hall–Kier alpha value is -3.07. The van der Waals surface area contributed by atoms with Crippen LogP contribution in [-0.4, -0.2) is 54.2 Å². The number of fused-ring (bicyclic) bond motifs is 1. The van der Waals surface area contributed by atoms with Crippen molar-refractivity contribution < 1.29 is 17.9 Å². The number of para-hydroxylation sites is 2. The summed E-state index contributed by atoms with van der Waals surface area (Å²) in [7, 11) is 1.48. The number of ether oxygens (including phenoxy) is 1. The van der Waals surface area contributed by atoms with E-state index in [1.54, 1.807) is 0 Å². The summed E-state index contributed by atoms with van der Waals surface area (Å²) in [4.78, 5) is 14.1. The molecular weight excluding hydrogens is 431 g/mol. The number of hydrogen-bond acceptors (Lipinski definition) is 6. The van der Waals surface area contributed by atoms with Crippen molar-refractivity contribution in [2.24, 2.45) is 0 Å². The van der Waals surface area contributed by atoms with Crippen LogP contribution >= 0.6 is 0 Å². The third-order valence-electron chi connectivity index (χ3n) is 6.14. The Balaban J connectivity index is 1.32. The predicted molar refractivity (Wildman–Crippen MR) is 122 cm³/mol. The maximum Gasteiger partial charge on any atom is 0.416 e. The van der Waals surface area contributed by atoms with E-state index in [1.165, 1.54) is 19.2 Å². The van der Waals surface area contributed by atoms with Crippen molar-refractivity contribution in [3.63, 3.8) is 0 Å². The zero-order valence-corrected chi connectivity index (χ0v) is 18.4. The van der Waals surface area contributed by atoms with Crippen LogP contribution in [0.2, 0.25) is 0 Å². The van der Waals surface area contributed by atoms with Crippen molar-refractivity contribution in [2.45, 2.75) is 31.6 Å². The minimum atomic E-state index is -4.38. The lowest BCUT2D eigenvalue weighted by molar-refractivity contribution is -0.137. The van der Waals surface area contributed by atoms with Crippen molar-refractivity contribution in [1.82, 2.24) is 14.9 Å². The van der Waals surface area contributed by atoms with Gasteiger partial charge in [-0.1, -0.05) is 12.1 Å². The molecule has 2 aliphatic rings. The molecule has 2 fully saturated rings. The Morgan fingerprint density at radius 1 is 1.00 bits per heavy atom. The molecule has 0 spiro atoms. The molecule has 0 atom stereocenters. The summed E-state index contributed by atoms with van der Waals surface area (Å²) >= 11 is 0. The molecule has 1 aliphatic heterocycles. The predicted octanol–water partition coefficient (Wildman–Crippen LogP) is 4.55. The molecule has 1 saturated heterocycles. The van der Waals surface area contributed by atoms with E-state index in [0.717, 1.165) is 41.6 Å². The lowest BCUT2D eigenvalue weighted by Crippen LogP contribution is -2.46. The van der Waals surface area contributed by atoms with E-state index in [1.807, 2.05) is 24.3 Å². The molecule has 1 saturated carbocycles. The molecule has 174 valence electrons. The lowest BCUT2D eigenvalue weighted by atomic mass is 10.1. The molecule has 0 unspecified atom stereocenters. The van der Waals surface area contributed by atoms with Crippen LogP contribution in [0.4, 0.5) is 24.8 Å². The minimum absolute atomic E-state index is 0.400. The fraction of sp³-hybridized carbons (Fsp3) is 0.417. The second-order valence-electron chi connectivity index (χ2n) is 8.59. The normalized spacial score (nSPS) is 17.4. The van der Waals surface area contributed by atoms with Crippen LogP contribution in [0, 0.1) is 0 Å². The molecule has 0 amide bonds. The van der Waals surface area contributed by atoms with Crippen molar-refractivity contribution in [2.75, 3.05) is 43.5 Å². The van der Waals surface area contributed by atoms with Gasteiger partial charge in [-0.05, 0) is 43.2 Å². The monoisotopic (exact) mass is 457 g/mol. The average Bonchev–Trinajstić information content (AvgIpc) is 3.63. The third kappa shape index (κ3) is 4.83. The first-order valence-corrected chi connectivity index (χ1v) is 11.2. The largest absolute Gasteiger partial charge is 0.496 e. The first kappa shape index (κ1) is 21.8. The highest BCUT2D eigenvalue weighted by Gasteiger charge is 2.32. The molecule has 1 aromatic heterocycles. The molecule has 6 nitrogen and oxygen atoms in total. The maximum absolute atomic E-state index is 13.2. The number of piperazine rings is 1. The smallest absolute Gasteiger partial charge is 0.416 e. The second-order valence-corrected chi connectivity index (χ2v) is 8.59. The summed E-state index contributed by atoms with van der Waals surface area (Å²) in [5.41, 5.74) is 1.60. The topological polar surface area (TPSA) is 53.5 Å². The number of methoxy groups -OCH3 is 1. The summed E-state index contributed by atoms with van der Waals surface area (Å²) < 4.78 is 44.9. The average molecular weight is 458 g/mol. The molecule has 9 heteroatoms. The number of halogens is 3. The molecule has 2 heterocycles. The Bertz CT molecular complexity index is 1140. The highest BCUT2D eigenvalue weighted by molar-refractivity contribution is 5.80. The Morgan fingerprint density at radius 2 is 1.70 bits per heavy atom. The molecule has 33 heavy (non-hydrogen) atoms. The highest BCUT2D eigenvalue weighted by atomic mass is 19.4. The molecule has 3 aromatic rings. The lowest BCUT2D eigenvalue weighted by Gasteiger charge is -2.36. The van der Waals surface area contributed by atoms with Gasteiger partial charge in [0.15, 0.2) is 11.6 Å². The van der Waals surface area contributed by atoms with Crippen molar-refractivity contribution in [3.8, 4) is 5.75 Å². The molecule has 0 bridgehead atoms. The summed E-state index contributed by atoms with van der Waals surface area (Å²) in [6.07, 6.45) is -2.10. The van der Waals surface area contributed by atoms with Gasteiger partial charge < -0.3 is 15.0 Å². The number of aromatic nitrogens is 2. The van der Waals surface area contributed by atoms with Crippen LogP contribution in [-0.2, 0) is 12.7 Å². The van der Waals surface area contributed by atoms with Crippen molar-refractivity contribution in [3.05, 3.63) is 53.6 Å². The Kier molecular flexibility index (Phi) is 5.74. The second kappa shape index (κ2) is 8.70. The van der Waals surface area contributed by atoms with Gasteiger partial charge in [-0.2, -0.15) is 13.2 Å². The molecule has 1 aliphatic carbocycles. The number of benzene rings is 2. The van der Waals surface area contributed by atoms with E-state index in [4.69, 9.17) is 14.7 Å². The summed E-state index contributed by atoms with van der Waals surface area (Å²) in [5, 5.41) is 3.51. The zero-order chi connectivity index (χ0) is 23.0. The molecule has 5 rings (SSSR count). The number of nitrogens with zero attached hydrogens (tertiary/aromatic N) is 4. The van der Waals surface area contributed by atoms with Gasteiger partial charge in [0.25, 0.3) is 0 Å². The zero-order valence-electron chi connectivity index (χ0n) is 18.4. The van der Waals surface area contributed by atoms with E-state index in [-0.39, 0.29) is 0 Å². The van der Waals surface area contributed by atoms with Gasteiger partial charge in [-0.25, -0.2) is 9.97 Å². The van der Waals surface area contributed by atoms with E-state index >= 15 is 0 Å². The van der Waals surface area contributed by atoms with Gasteiger partial charge in [0.05, 0.1) is 23.7 Å². The van der Waals surface area contributed by atoms with Gasteiger partial charge in [-0.15, -0.1) is 0 Å². The van der Waals surface area contributed by atoms with E-state index in [9.17, 15) is 13.2 Å². The van der Waals surface area contributed by atoms with Crippen LogP contribution in [0.3, 0.4) is 0 Å². The van der Waals surface area contributed by atoms with E-state index in [2.05, 4.69) is 15.1 Å². The summed E-state index contributed by atoms with van der Waals surface area (Å²) in [6, 6.07) is 11.9. The van der Waals surface area contributed by atoms with Crippen LogP contribution in [0.15, 0.2) is 42.5 Å². The molecule has 2 aromatic carbocycles. The van der Waals surface area contributed by atoms with Gasteiger partial charge in [0.1, 0.15) is 5.75 Å². The standard InChI is InChI=1S/C24H26F3N5O/c1-33-21-9-6-17(24(25,26)27)14-16(21)15-31-10-12-32(13-11-31)23-22(28-18-7-8-18)29-19-4-2-3-5-20(19)30-23/h2-6,9,14,18H,7-8,10-13,15H2,1H3,(H,28,29). The number of nitrogens with one attached hydrogen (secondary N) is 1. The number of alkyl halides is 3. The van der Waals surface area contributed by atoms with Gasteiger partial charge >= 0.3 is 6.18 Å². The fourth-order valence-electron chi connectivity index (χ4n) is 4.17. The van der Waals surface area contributed by atoms with E-state index < -0.39 is 11.7 Å². The maximum atomic E-state index is 13.2. The van der Waals surface area contributed by atoms with Gasteiger partial charge in [-0.3, -0.25) is 4.90 Å². The van der Waals surface area contributed by atoms with Crippen LogP contribution in [0.5, 0.6) is 5.75 Å². The minimum Gasteiger partial charge on any atom is -0.496 e. The van der Waals surface area contributed by atoms with Gasteiger partial charge in [0, 0.05) is 44.3 Å². The molecule has 1 N–H and O–H groups in total. The van der Waals surface area contributed by atoms with Crippen LogP contribution in [0.25, 0.3) is 11.0 Å². The summed E-state index contributed by atoms with van der Waals surface area (Å²) in [5.74, 6) is 2.13. The SMILES string of the molecule is COc1ccc(C(F)(F)F)cc1CN1CCN(c2nc3ccccc3nc2NC2CC2)CC1. The van der Waals surface area contributed by atoms with Crippen LogP contribution in [0.1, 0.15) is 24.0 Å². The molecule has 0 radical (unpaired) electrons. The number of hydrogen-bond donors (Lipinski definition) is 1. The number of rotatable bonds is 6. The Labute approximate surface area is 190 Å². The highest BCUT2D eigenvalue weighted by Crippen LogP contribution is 2.34. The van der Waals surface area contributed by atoms with Gasteiger partial charge in [0.2, 0.25) is 0 Å².